The van der Waals surface area contributed by atoms with Crippen molar-refractivity contribution in [2.45, 2.75) is 37.6 Å². The number of phenols is 4. The van der Waals surface area contributed by atoms with E-state index in [2.05, 4.69) is 0 Å². The van der Waals surface area contributed by atoms with Crippen LogP contribution in [0.25, 0.3) is 22.3 Å². The standard InChI is InChI=1S/C21H20O10.ClH/c1-8-17(26)18(27)19(28)21(29-8)31-16-7-11-13(24)5-10(22)6-15(11)30-20(16)9-2-3-12(23)14(25)4-9;/h2-8,17-19,21,26-28H,1H3,(H3-,22,23,24,25);1H/t8-,17-,18+,19+,21-;/m0./s1. The van der Waals surface area contributed by atoms with E-state index in [4.69, 9.17) is 13.9 Å². The van der Waals surface area contributed by atoms with E-state index < -0.39 is 36.5 Å². The van der Waals surface area contributed by atoms with Gasteiger partial charge in [-0.25, -0.2) is 4.42 Å². The molecule has 0 bridgehead atoms. The van der Waals surface area contributed by atoms with Gasteiger partial charge in [0.05, 0.1) is 17.7 Å². The van der Waals surface area contributed by atoms with Crippen molar-refractivity contribution in [1.82, 2.24) is 0 Å². The van der Waals surface area contributed by atoms with Gasteiger partial charge in [-0.2, -0.15) is 0 Å². The van der Waals surface area contributed by atoms with Crippen LogP contribution in [0.3, 0.4) is 0 Å². The highest BCUT2D eigenvalue weighted by atomic mass is 35.5. The van der Waals surface area contributed by atoms with Crippen LogP contribution in [-0.2, 0) is 4.74 Å². The lowest BCUT2D eigenvalue weighted by Gasteiger charge is -2.38. The second-order valence-electron chi connectivity index (χ2n) is 7.32. The zero-order chi connectivity index (χ0) is 22.4. The summed E-state index contributed by atoms with van der Waals surface area (Å²) in [7, 11) is 0. The quantitative estimate of drug-likeness (QED) is 0.175. The van der Waals surface area contributed by atoms with Gasteiger partial charge >= 0.3 is 11.3 Å². The molecule has 1 aliphatic heterocycles. The number of fused-ring (bicyclic) bond motifs is 1. The predicted molar refractivity (Wildman–Crippen MR) is 106 cm³/mol. The van der Waals surface area contributed by atoms with Crippen LogP contribution in [0, 0.1) is 0 Å². The van der Waals surface area contributed by atoms with Crippen molar-refractivity contribution in [2.24, 2.45) is 0 Å². The average Bonchev–Trinajstić information content (AvgIpc) is 2.72. The lowest BCUT2D eigenvalue weighted by molar-refractivity contribution is -0.268. The summed E-state index contributed by atoms with van der Waals surface area (Å²) in [6.45, 7) is 1.49. The summed E-state index contributed by atoms with van der Waals surface area (Å²) in [5.41, 5.74) is 0.343. The molecule has 0 saturated carbocycles. The average molecular weight is 469 g/mol. The Morgan fingerprint density at radius 3 is 2.25 bits per heavy atom. The number of aliphatic hydroxyl groups excluding tert-OH is 3. The van der Waals surface area contributed by atoms with Crippen LogP contribution in [-0.4, -0.2) is 66.5 Å². The zero-order valence-electron chi connectivity index (χ0n) is 16.6. The maximum Gasteiger partial charge on any atom is 0.402 e. The Morgan fingerprint density at radius 1 is 0.844 bits per heavy atom. The van der Waals surface area contributed by atoms with Crippen LogP contribution in [0.4, 0.5) is 0 Å². The van der Waals surface area contributed by atoms with Crippen molar-refractivity contribution < 1.29 is 62.0 Å². The van der Waals surface area contributed by atoms with E-state index in [1.807, 2.05) is 0 Å². The summed E-state index contributed by atoms with van der Waals surface area (Å²) in [5, 5.41) is 69.8. The number of phenolic OH excluding ortho intramolecular Hbond substituents is 4. The van der Waals surface area contributed by atoms with Gasteiger partial charge in [0.25, 0.3) is 0 Å². The molecule has 1 aromatic heterocycles. The summed E-state index contributed by atoms with van der Waals surface area (Å²) in [6, 6.07) is 7.58. The fourth-order valence-electron chi connectivity index (χ4n) is 3.37. The molecule has 0 unspecified atom stereocenters. The largest absolute Gasteiger partial charge is 1.00 e. The normalized spacial score (nSPS) is 25.3. The van der Waals surface area contributed by atoms with Gasteiger partial charge in [-0.15, -0.1) is 0 Å². The van der Waals surface area contributed by atoms with Crippen molar-refractivity contribution in [1.29, 1.82) is 0 Å². The highest BCUT2D eigenvalue weighted by molar-refractivity contribution is 5.88. The summed E-state index contributed by atoms with van der Waals surface area (Å²) >= 11 is 0. The van der Waals surface area contributed by atoms with Crippen molar-refractivity contribution in [3.05, 3.63) is 36.4 Å². The van der Waals surface area contributed by atoms with E-state index in [-0.39, 0.29) is 57.7 Å². The predicted octanol–water partition coefficient (Wildman–Crippen LogP) is -1.59. The van der Waals surface area contributed by atoms with E-state index in [1.54, 1.807) is 0 Å². The van der Waals surface area contributed by atoms with Gasteiger partial charge in [0.2, 0.25) is 12.0 Å². The Morgan fingerprint density at radius 2 is 1.56 bits per heavy atom. The molecule has 0 radical (unpaired) electrons. The van der Waals surface area contributed by atoms with Gasteiger partial charge in [-0.3, -0.25) is 0 Å². The zero-order valence-corrected chi connectivity index (χ0v) is 17.3. The van der Waals surface area contributed by atoms with Gasteiger partial charge < -0.3 is 57.6 Å². The minimum Gasteiger partial charge on any atom is -1.00 e. The van der Waals surface area contributed by atoms with E-state index >= 15 is 0 Å². The number of aliphatic hydroxyl groups is 3. The maximum atomic E-state index is 10.3. The molecule has 1 saturated heterocycles. The lowest BCUT2D eigenvalue weighted by Crippen LogP contribution is -3.00. The molecule has 1 aliphatic rings. The first-order chi connectivity index (χ1) is 14.7. The minimum atomic E-state index is -1.60. The molecular formula is C21H21ClO10. The molecular weight excluding hydrogens is 448 g/mol. The topological polar surface area (TPSA) is 171 Å². The third-order valence-electron chi connectivity index (χ3n) is 5.11. The summed E-state index contributed by atoms with van der Waals surface area (Å²) in [5.74, 6) is -1.38. The highest BCUT2D eigenvalue weighted by Crippen LogP contribution is 2.42. The number of halogens is 1. The molecule has 0 amide bonds. The van der Waals surface area contributed by atoms with Crippen LogP contribution in [0.15, 0.2) is 40.8 Å². The molecule has 0 aliphatic carbocycles. The second-order valence-corrected chi connectivity index (χ2v) is 7.32. The molecule has 0 spiro atoms. The fraction of sp³-hybridized carbons (Fsp3) is 0.286. The molecule has 2 aromatic carbocycles. The van der Waals surface area contributed by atoms with Crippen LogP contribution >= 0.6 is 0 Å². The van der Waals surface area contributed by atoms with Crippen molar-refractivity contribution in [3.8, 4) is 40.1 Å². The van der Waals surface area contributed by atoms with Gasteiger partial charge in [-0.05, 0) is 19.1 Å². The number of ether oxygens (including phenoxy) is 2. The Hall–Kier alpha value is -3.02. The van der Waals surface area contributed by atoms with Crippen LogP contribution in [0.1, 0.15) is 6.92 Å². The second kappa shape index (κ2) is 8.85. The number of aromatic hydroxyl groups is 4. The van der Waals surface area contributed by atoms with Gasteiger partial charge in [0.1, 0.15) is 35.2 Å². The first-order valence-electron chi connectivity index (χ1n) is 9.37. The monoisotopic (exact) mass is 468 g/mol. The van der Waals surface area contributed by atoms with E-state index in [9.17, 15) is 35.7 Å². The molecule has 4 rings (SSSR count). The molecule has 2 heterocycles. The Kier molecular flexibility index (Phi) is 6.54. The molecule has 11 heteroatoms. The minimum absolute atomic E-state index is 0. The summed E-state index contributed by atoms with van der Waals surface area (Å²) in [6.07, 6.45) is -6.71. The van der Waals surface area contributed by atoms with Crippen molar-refractivity contribution >= 4 is 11.0 Å². The third-order valence-corrected chi connectivity index (χ3v) is 5.11. The molecule has 7 N–H and O–H groups in total. The first kappa shape index (κ1) is 23.6. The Labute approximate surface area is 187 Å². The van der Waals surface area contributed by atoms with Gasteiger partial charge in [0, 0.05) is 18.2 Å². The number of benzene rings is 2. The number of hydrogen-bond donors (Lipinski definition) is 7. The van der Waals surface area contributed by atoms with Gasteiger partial charge in [-0.1, -0.05) is 0 Å². The fourth-order valence-corrected chi connectivity index (χ4v) is 3.37. The number of hydrogen-bond acceptors (Lipinski definition) is 9. The highest BCUT2D eigenvalue weighted by Gasteiger charge is 2.44. The number of rotatable bonds is 3. The molecule has 1 fully saturated rings. The van der Waals surface area contributed by atoms with Crippen molar-refractivity contribution in [2.75, 3.05) is 0 Å². The van der Waals surface area contributed by atoms with E-state index in [0.717, 1.165) is 6.07 Å². The molecule has 32 heavy (non-hydrogen) atoms. The summed E-state index contributed by atoms with van der Waals surface area (Å²) < 4.78 is 17.0. The van der Waals surface area contributed by atoms with E-state index in [1.165, 1.54) is 37.3 Å². The SMILES string of the molecule is C[C@@H]1O[C@@H](Oc2cc3c(O)cc(O)cc3[o+]c2-c2ccc(O)c(O)c2)[C@H](O)[C@H](O)[C@H]1O.[Cl-]. The van der Waals surface area contributed by atoms with Gasteiger partial charge in [0.15, 0.2) is 11.5 Å². The Balaban J connectivity index is 0.00000289. The van der Waals surface area contributed by atoms with Crippen molar-refractivity contribution in [3.63, 3.8) is 0 Å². The van der Waals surface area contributed by atoms with Crippen LogP contribution in [0.2, 0.25) is 0 Å². The molecule has 10 nitrogen and oxygen atoms in total. The molecule has 5 atom stereocenters. The van der Waals surface area contributed by atoms with Crippen LogP contribution in [0.5, 0.6) is 28.7 Å². The smallest absolute Gasteiger partial charge is 0.402 e. The molecule has 172 valence electrons. The van der Waals surface area contributed by atoms with E-state index in [0.29, 0.717) is 0 Å². The third kappa shape index (κ3) is 4.18. The maximum absolute atomic E-state index is 10.3. The first-order valence-corrected chi connectivity index (χ1v) is 9.37. The van der Waals surface area contributed by atoms with Crippen LogP contribution < -0.4 is 17.1 Å². The Bertz CT molecular complexity index is 1140. The summed E-state index contributed by atoms with van der Waals surface area (Å²) in [4.78, 5) is 0. The lowest BCUT2D eigenvalue weighted by atomic mass is 10.00. The molecule has 3 aromatic rings.